The first-order valence-electron chi connectivity index (χ1n) is 32.6. The van der Waals surface area contributed by atoms with Crippen LogP contribution in [0.3, 0.4) is 0 Å². The van der Waals surface area contributed by atoms with Crippen molar-refractivity contribution in [2.45, 2.75) is 336 Å². The van der Waals surface area contributed by atoms with Crippen LogP contribution in [0, 0.1) is 5.92 Å². The third kappa shape index (κ3) is 49.6. The molecule has 0 rings (SSSR count). The fourth-order valence-electron chi connectivity index (χ4n) is 10.00. The Morgan fingerprint density at radius 2 is 0.618 bits per heavy atom. The van der Waals surface area contributed by atoms with Crippen LogP contribution in [0.4, 0.5) is 0 Å². The Labute approximate surface area is 469 Å². The monoisotopic (exact) mass is 1080 g/mol. The number of hydrogen-bond donors (Lipinski definition) is 0. The van der Waals surface area contributed by atoms with E-state index in [9.17, 15) is 24.0 Å². The molecule has 0 N–H and O–H groups in total. The lowest BCUT2D eigenvalue weighted by atomic mass is 10.0. The van der Waals surface area contributed by atoms with Gasteiger partial charge in [-0.15, -0.1) is 0 Å². The molecule has 0 saturated heterocycles. The normalized spacial score (nSPS) is 12.6. The second-order valence-electron chi connectivity index (χ2n) is 23.0. The molecule has 448 valence electrons. The van der Waals surface area contributed by atoms with Gasteiger partial charge >= 0.3 is 23.9 Å². The van der Waals surface area contributed by atoms with Crippen molar-refractivity contribution in [3.05, 3.63) is 0 Å². The highest BCUT2D eigenvalue weighted by Gasteiger charge is 2.23. The summed E-state index contributed by atoms with van der Waals surface area (Å²) in [5.74, 6) is -1.03. The van der Waals surface area contributed by atoms with Crippen LogP contribution in [0.25, 0.3) is 0 Å². The minimum Gasteiger partial charge on any atom is -0.465 e. The van der Waals surface area contributed by atoms with Gasteiger partial charge < -0.3 is 28.7 Å². The number of esters is 4. The Balaban J connectivity index is 5.28. The predicted octanol–water partition coefficient (Wildman–Crippen LogP) is 17.6. The van der Waals surface area contributed by atoms with E-state index in [1.165, 1.54) is 122 Å². The molecule has 0 aliphatic rings. The van der Waals surface area contributed by atoms with Crippen LogP contribution in [0.2, 0.25) is 0 Å². The van der Waals surface area contributed by atoms with Crippen LogP contribution >= 0.6 is 0 Å². The SMILES string of the molecule is CCCCCCCCC(=O)N(CCCCN(C)C)CC(COC(=O)CCCCCCC(=O)OC(CCCCCC)CCCCCCCC)COC(=O)CCCCCCC(=O)OC(CCCCCC)CCCCCCCC. The standard InChI is InChI=1S/C65H124N2O9/c1-8-13-18-23-26-35-46-59(44-33-21-16-11-4)75-64(71)51-40-31-29-38-49-62(69)73-56-58(55-67(54-43-42-53-66(6)7)61(68)48-37-28-25-20-15-10-3)57-74-63(70)50-39-30-32-41-52-65(72)76-60(45-34-22-17-12-5)47-36-27-24-19-14-9-2/h58-60H,8-57H2,1-7H3. The lowest BCUT2D eigenvalue weighted by Crippen LogP contribution is -2.39. The number of carbonyl (C=O) groups excluding carboxylic acids is 5. The van der Waals surface area contributed by atoms with E-state index in [1.807, 2.05) is 4.90 Å². The summed E-state index contributed by atoms with van der Waals surface area (Å²) < 4.78 is 23.7. The highest BCUT2D eigenvalue weighted by atomic mass is 16.6. The molecule has 76 heavy (non-hydrogen) atoms. The van der Waals surface area contributed by atoms with Crippen LogP contribution in [0.15, 0.2) is 0 Å². The molecule has 0 aromatic carbocycles. The highest BCUT2D eigenvalue weighted by Crippen LogP contribution is 2.21. The average Bonchev–Trinajstić information content (AvgIpc) is 3.40. The van der Waals surface area contributed by atoms with E-state index in [0.29, 0.717) is 45.2 Å². The predicted molar refractivity (Wildman–Crippen MR) is 316 cm³/mol. The van der Waals surface area contributed by atoms with Gasteiger partial charge in [-0.25, -0.2) is 0 Å². The van der Waals surface area contributed by atoms with E-state index in [-0.39, 0.29) is 74.0 Å². The number of hydrogen-bond acceptors (Lipinski definition) is 10. The van der Waals surface area contributed by atoms with Gasteiger partial charge in [-0.3, -0.25) is 24.0 Å². The topological polar surface area (TPSA) is 129 Å². The van der Waals surface area contributed by atoms with Crippen LogP contribution in [-0.2, 0) is 42.9 Å². The van der Waals surface area contributed by atoms with Gasteiger partial charge in [0.1, 0.15) is 12.2 Å². The van der Waals surface area contributed by atoms with Gasteiger partial charge in [0.25, 0.3) is 0 Å². The molecular weight excluding hydrogens is 953 g/mol. The van der Waals surface area contributed by atoms with E-state index in [4.69, 9.17) is 18.9 Å². The molecule has 1 amide bonds. The number of amides is 1. The average molecular weight is 1080 g/mol. The molecule has 0 aromatic rings. The number of ether oxygens (including phenoxy) is 4. The molecule has 0 bridgehead atoms. The number of unbranched alkanes of at least 4 members (excludes halogenated alkanes) is 28. The lowest BCUT2D eigenvalue weighted by molar-refractivity contribution is -0.151. The van der Waals surface area contributed by atoms with Crippen molar-refractivity contribution >= 4 is 29.8 Å². The van der Waals surface area contributed by atoms with E-state index in [0.717, 1.165) is 129 Å². The zero-order valence-electron chi connectivity index (χ0n) is 51.2. The minimum atomic E-state index is -0.347. The zero-order valence-corrected chi connectivity index (χ0v) is 51.2. The summed E-state index contributed by atoms with van der Waals surface area (Å²) in [6.45, 7) is 13.2. The fourth-order valence-corrected chi connectivity index (χ4v) is 10.00. The van der Waals surface area contributed by atoms with Crippen molar-refractivity contribution in [3.63, 3.8) is 0 Å². The Hall–Kier alpha value is -2.69. The molecule has 0 radical (unpaired) electrons. The molecule has 0 saturated carbocycles. The zero-order chi connectivity index (χ0) is 56.0. The third-order valence-electron chi connectivity index (χ3n) is 15.0. The fraction of sp³-hybridized carbons (Fsp3) is 0.923. The van der Waals surface area contributed by atoms with E-state index >= 15 is 0 Å². The van der Waals surface area contributed by atoms with Crippen molar-refractivity contribution in [2.24, 2.45) is 5.92 Å². The summed E-state index contributed by atoms with van der Waals surface area (Å²) in [7, 11) is 4.11. The van der Waals surface area contributed by atoms with E-state index in [1.54, 1.807) is 0 Å². The van der Waals surface area contributed by atoms with Crippen LogP contribution in [-0.4, -0.2) is 98.7 Å². The van der Waals surface area contributed by atoms with Crippen LogP contribution < -0.4 is 0 Å². The molecule has 0 fully saturated rings. The maximum atomic E-state index is 13.8. The van der Waals surface area contributed by atoms with Gasteiger partial charge in [-0.2, -0.15) is 0 Å². The Morgan fingerprint density at radius 1 is 0.329 bits per heavy atom. The summed E-state index contributed by atoms with van der Waals surface area (Å²) in [5, 5.41) is 0. The Bertz CT molecular complexity index is 1270. The summed E-state index contributed by atoms with van der Waals surface area (Å²) in [6.07, 6.45) is 44.5. The second kappa shape index (κ2) is 55.6. The molecule has 11 heteroatoms. The van der Waals surface area contributed by atoms with Gasteiger partial charge in [0.15, 0.2) is 0 Å². The van der Waals surface area contributed by atoms with Gasteiger partial charge in [-0.1, -0.05) is 195 Å². The first kappa shape index (κ1) is 73.3. The maximum Gasteiger partial charge on any atom is 0.306 e. The van der Waals surface area contributed by atoms with Crippen LogP contribution in [0.1, 0.15) is 324 Å². The minimum absolute atomic E-state index is 0.0219. The maximum absolute atomic E-state index is 13.8. The van der Waals surface area contributed by atoms with E-state index in [2.05, 4.69) is 53.6 Å². The smallest absolute Gasteiger partial charge is 0.306 e. The third-order valence-corrected chi connectivity index (χ3v) is 15.0. The summed E-state index contributed by atoms with van der Waals surface area (Å²) in [4.78, 5) is 69.8. The van der Waals surface area contributed by atoms with Crippen molar-refractivity contribution in [3.8, 4) is 0 Å². The highest BCUT2D eigenvalue weighted by molar-refractivity contribution is 5.76. The molecule has 2 unspecified atom stereocenters. The second-order valence-corrected chi connectivity index (χ2v) is 23.0. The number of carbonyl (C=O) groups is 5. The van der Waals surface area contributed by atoms with Crippen LogP contribution in [0.5, 0.6) is 0 Å². The molecule has 0 aliphatic heterocycles. The van der Waals surface area contributed by atoms with Gasteiger partial charge in [0, 0.05) is 51.1 Å². The Kier molecular flexibility index (Phi) is 53.6. The first-order valence-corrected chi connectivity index (χ1v) is 32.6. The number of nitrogens with zero attached hydrogens (tertiary/aromatic N) is 2. The van der Waals surface area contributed by atoms with Crippen molar-refractivity contribution in [1.82, 2.24) is 9.80 Å². The number of rotatable bonds is 58. The van der Waals surface area contributed by atoms with Gasteiger partial charge in [-0.05, 0) is 117 Å². The van der Waals surface area contributed by atoms with E-state index < -0.39 is 0 Å². The molecule has 11 nitrogen and oxygen atoms in total. The largest absolute Gasteiger partial charge is 0.465 e. The van der Waals surface area contributed by atoms with Crippen molar-refractivity contribution in [1.29, 1.82) is 0 Å². The molecule has 0 spiro atoms. The molecule has 0 aromatic heterocycles. The van der Waals surface area contributed by atoms with Crippen molar-refractivity contribution in [2.75, 3.05) is 46.9 Å². The van der Waals surface area contributed by atoms with Crippen molar-refractivity contribution < 1.29 is 42.9 Å². The van der Waals surface area contributed by atoms with Gasteiger partial charge in [0.2, 0.25) is 5.91 Å². The molecule has 0 heterocycles. The molecule has 0 aliphatic carbocycles. The summed E-state index contributed by atoms with van der Waals surface area (Å²) in [5.41, 5.74) is 0. The molecular formula is C65H124N2O9. The summed E-state index contributed by atoms with van der Waals surface area (Å²) in [6, 6.07) is 0. The van der Waals surface area contributed by atoms with Gasteiger partial charge in [0.05, 0.1) is 13.2 Å². The summed E-state index contributed by atoms with van der Waals surface area (Å²) >= 11 is 0. The molecule has 2 atom stereocenters. The first-order chi connectivity index (χ1) is 37.0. The lowest BCUT2D eigenvalue weighted by Gasteiger charge is -2.28. The quantitative estimate of drug-likeness (QED) is 0.0330. The Morgan fingerprint density at radius 3 is 0.974 bits per heavy atom.